The molecule has 0 aromatic heterocycles. The summed E-state index contributed by atoms with van der Waals surface area (Å²) in [5.41, 5.74) is 5.21. The average molecular weight is 168 g/mol. The molecule has 0 amide bonds. The van der Waals surface area contributed by atoms with Crippen LogP contribution < -0.4 is 5.73 Å². The van der Waals surface area contributed by atoms with E-state index < -0.39 is 5.97 Å². The molecular formula is C7H8N2O3. The lowest BCUT2D eigenvalue weighted by atomic mass is 10.1. The van der Waals surface area contributed by atoms with Crippen LogP contribution in [0, 0.1) is 0 Å². The molecule has 0 aliphatic carbocycles. The van der Waals surface area contributed by atoms with Crippen LogP contribution in [0.4, 0.5) is 0 Å². The van der Waals surface area contributed by atoms with E-state index in [0.717, 1.165) is 6.20 Å². The lowest BCUT2D eigenvalue weighted by molar-refractivity contribution is -0.137. The smallest absolute Gasteiger partial charge is 0.343 e. The molecule has 5 heteroatoms. The molecular weight excluding hydrogens is 160 g/mol. The summed E-state index contributed by atoms with van der Waals surface area (Å²) < 4.78 is 4.36. The zero-order chi connectivity index (χ0) is 9.14. The summed E-state index contributed by atoms with van der Waals surface area (Å²) in [4.78, 5) is 25.6. The third-order valence-corrected chi connectivity index (χ3v) is 1.41. The summed E-state index contributed by atoms with van der Waals surface area (Å²) in [6.07, 6.45) is 1.12. The Morgan fingerprint density at radius 2 is 2.42 bits per heavy atom. The lowest BCUT2D eigenvalue weighted by Gasteiger charge is -2.07. The number of nitrogens with zero attached hydrogens (tertiary/aromatic N) is 1. The molecule has 0 unspecified atom stereocenters. The Balaban J connectivity index is 2.90. The molecule has 0 fully saturated rings. The highest BCUT2D eigenvalue weighted by atomic mass is 16.5. The zero-order valence-corrected chi connectivity index (χ0v) is 6.53. The van der Waals surface area contributed by atoms with Gasteiger partial charge in [-0.05, 0) is 0 Å². The van der Waals surface area contributed by atoms with E-state index in [4.69, 9.17) is 5.73 Å². The summed E-state index contributed by atoms with van der Waals surface area (Å²) in [7, 11) is 1.21. The van der Waals surface area contributed by atoms with E-state index in [2.05, 4.69) is 9.73 Å². The third kappa shape index (κ3) is 1.50. The summed E-state index contributed by atoms with van der Waals surface area (Å²) in [5, 5.41) is 0. The van der Waals surface area contributed by atoms with E-state index in [-0.39, 0.29) is 23.6 Å². The monoisotopic (exact) mass is 168 g/mol. The predicted molar refractivity (Wildman–Crippen MR) is 41.3 cm³/mol. The minimum atomic E-state index is -0.670. The fourth-order valence-corrected chi connectivity index (χ4v) is 0.801. The number of hydrogen-bond acceptors (Lipinski definition) is 5. The molecule has 64 valence electrons. The molecule has 1 aliphatic heterocycles. The summed E-state index contributed by atoms with van der Waals surface area (Å²) in [6, 6.07) is 0. The van der Waals surface area contributed by atoms with Crippen LogP contribution in [-0.4, -0.2) is 24.7 Å². The van der Waals surface area contributed by atoms with Gasteiger partial charge in [0.15, 0.2) is 5.78 Å². The van der Waals surface area contributed by atoms with Crippen LogP contribution in [0.25, 0.3) is 0 Å². The van der Waals surface area contributed by atoms with Gasteiger partial charge in [0.1, 0.15) is 11.4 Å². The maximum absolute atomic E-state index is 11.1. The number of carbonyl (C=O) groups is 2. The van der Waals surface area contributed by atoms with Crippen LogP contribution in [-0.2, 0) is 14.3 Å². The maximum atomic E-state index is 11.1. The van der Waals surface area contributed by atoms with Crippen molar-refractivity contribution in [2.75, 3.05) is 7.11 Å². The highest BCUT2D eigenvalue weighted by Gasteiger charge is 2.22. The van der Waals surface area contributed by atoms with Crippen molar-refractivity contribution < 1.29 is 14.3 Å². The van der Waals surface area contributed by atoms with E-state index in [1.165, 1.54) is 7.11 Å². The van der Waals surface area contributed by atoms with Crippen molar-refractivity contribution in [3.63, 3.8) is 0 Å². The molecule has 0 spiro atoms. The molecule has 0 radical (unpaired) electrons. The van der Waals surface area contributed by atoms with Gasteiger partial charge in [-0.15, -0.1) is 0 Å². The van der Waals surface area contributed by atoms with Crippen LogP contribution >= 0.6 is 0 Å². The molecule has 0 saturated heterocycles. The van der Waals surface area contributed by atoms with Gasteiger partial charge in [-0.3, -0.25) is 4.79 Å². The standard InChI is InChI=1S/C7H8N2O3/c1-12-7(11)4-3-9-6(8)2-5(4)10/h3H,2H2,1H3,(H2,8,9). The minimum Gasteiger partial charge on any atom is -0.465 e. The van der Waals surface area contributed by atoms with Crippen LogP contribution in [0.5, 0.6) is 0 Å². The first kappa shape index (κ1) is 8.45. The maximum Gasteiger partial charge on any atom is 0.343 e. The Bertz CT molecular complexity index is 281. The van der Waals surface area contributed by atoms with Crippen LogP contribution in [0.1, 0.15) is 6.42 Å². The van der Waals surface area contributed by atoms with Crippen molar-refractivity contribution in [3.8, 4) is 0 Å². The van der Waals surface area contributed by atoms with Gasteiger partial charge in [0, 0.05) is 6.20 Å². The van der Waals surface area contributed by atoms with Crippen molar-refractivity contribution in [1.29, 1.82) is 0 Å². The van der Waals surface area contributed by atoms with E-state index in [1.807, 2.05) is 0 Å². The van der Waals surface area contributed by atoms with Crippen molar-refractivity contribution >= 4 is 17.6 Å². The quantitative estimate of drug-likeness (QED) is 0.417. The number of carbonyl (C=O) groups excluding carboxylic acids is 2. The second-order valence-corrected chi connectivity index (χ2v) is 2.25. The van der Waals surface area contributed by atoms with Gasteiger partial charge in [-0.25, -0.2) is 9.79 Å². The van der Waals surface area contributed by atoms with Crippen LogP contribution in [0.15, 0.2) is 16.8 Å². The summed E-state index contributed by atoms with van der Waals surface area (Å²) in [5.74, 6) is -0.807. The molecule has 2 N–H and O–H groups in total. The Hall–Kier alpha value is -1.65. The Morgan fingerprint density at radius 3 is 2.92 bits per heavy atom. The predicted octanol–water partition coefficient (Wildman–Crippen LogP) is -0.627. The largest absolute Gasteiger partial charge is 0.465 e. The van der Waals surface area contributed by atoms with Crippen molar-refractivity contribution in [2.45, 2.75) is 6.42 Å². The normalized spacial score (nSPS) is 16.6. The number of rotatable bonds is 1. The molecule has 1 heterocycles. The zero-order valence-electron chi connectivity index (χ0n) is 6.53. The highest BCUT2D eigenvalue weighted by Crippen LogP contribution is 2.07. The lowest BCUT2D eigenvalue weighted by Crippen LogP contribution is -2.24. The molecule has 0 bridgehead atoms. The van der Waals surface area contributed by atoms with Gasteiger partial charge in [-0.1, -0.05) is 0 Å². The third-order valence-electron chi connectivity index (χ3n) is 1.41. The van der Waals surface area contributed by atoms with Crippen LogP contribution in [0.2, 0.25) is 0 Å². The van der Waals surface area contributed by atoms with E-state index >= 15 is 0 Å². The number of nitrogens with two attached hydrogens (primary N) is 1. The first-order chi connectivity index (χ1) is 5.65. The number of aliphatic imine (C=N–C) groups is 1. The Kier molecular flexibility index (Phi) is 2.23. The van der Waals surface area contributed by atoms with Gasteiger partial charge in [0.2, 0.25) is 0 Å². The van der Waals surface area contributed by atoms with E-state index in [0.29, 0.717) is 0 Å². The number of Topliss-reactive ketones (excluding diaryl/α,β-unsaturated/α-hetero) is 1. The van der Waals surface area contributed by atoms with E-state index in [1.54, 1.807) is 0 Å². The number of amidine groups is 1. The average Bonchev–Trinajstić information content (AvgIpc) is 2.03. The van der Waals surface area contributed by atoms with Crippen molar-refractivity contribution in [3.05, 3.63) is 11.8 Å². The molecule has 0 aromatic rings. The molecule has 0 aromatic carbocycles. The Morgan fingerprint density at radius 1 is 1.75 bits per heavy atom. The molecule has 12 heavy (non-hydrogen) atoms. The fourth-order valence-electron chi connectivity index (χ4n) is 0.801. The fraction of sp³-hybridized carbons (Fsp3) is 0.286. The minimum absolute atomic E-state index is 0.0130. The van der Waals surface area contributed by atoms with Gasteiger partial charge in [0.05, 0.1) is 13.5 Å². The molecule has 0 saturated carbocycles. The first-order valence-electron chi connectivity index (χ1n) is 3.29. The van der Waals surface area contributed by atoms with Gasteiger partial charge < -0.3 is 10.5 Å². The topological polar surface area (TPSA) is 81.8 Å². The SMILES string of the molecule is COC(=O)C1=CN=C(N)CC1=O. The molecule has 1 aliphatic rings. The molecule has 0 atom stereocenters. The second kappa shape index (κ2) is 3.17. The van der Waals surface area contributed by atoms with Crippen molar-refractivity contribution in [2.24, 2.45) is 10.7 Å². The number of ether oxygens (including phenoxy) is 1. The van der Waals surface area contributed by atoms with Gasteiger partial charge in [-0.2, -0.15) is 0 Å². The summed E-state index contributed by atoms with van der Waals surface area (Å²) in [6.45, 7) is 0. The number of hydrogen-bond donors (Lipinski definition) is 1. The second-order valence-electron chi connectivity index (χ2n) is 2.25. The molecule has 1 rings (SSSR count). The van der Waals surface area contributed by atoms with Gasteiger partial charge >= 0.3 is 5.97 Å². The van der Waals surface area contributed by atoms with Crippen LogP contribution in [0.3, 0.4) is 0 Å². The number of ketones is 1. The van der Waals surface area contributed by atoms with Gasteiger partial charge in [0.25, 0.3) is 0 Å². The first-order valence-corrected chi connectivity index (χ1v) is 3.29. The summed E-state index contributed by atoms with van der Waals surface area (Å²) >= 11 is 0. The highest BCUT2D eigenvalue weighted by molar-refractivity contribution is 6.23. The van der Waals surface area contributed by atoms with E-state index in [9.17, 15) is 9.59 Å². The molecule has 5 nitrogen and oxygen atoms in total. The van der Waals surface area contributed by atoms with Crippen molar-refractivity contribution in [1.82, 2.24) is 0 Å². The Labute approximate surface area is 68.9 Å². The number of esters is 1. The number of methoxy groups -OCH3 is 1.